The van der Waals surface area contributed by atoms with Gasteiger partial charge in [-0.2, -0.15) is 0 Å². The molecule has 1 fully saturated rings. The van der Waals surface area contributed by atoms with E-state index in [0.717, 1.165) is 34.4 Å². The maximum absolute atomic E-state index is 13.5. The monoisotopic (exact) mass is 441 g/mol. The molecule has 1 aromatic heterocycles. The summed E-state index contributed by atoms with van der Waals surface area (Å²) in [6, 6.07) is 17.1. The van der Waals surface area contributed by atoms with Crippen LogP contribution in [-0.2, 0) is 17.6 Å². The molecule has 0 spiro atoms. The van der Waals surface area contributed by atoms with Gasteiger partial charge in [-0.3, -0.25) is 14.6 Å². The molecule has 3 heterocycles. The molecule has 3 aromatic rings. The zero-order valence-corrected chi connectivity index (χ0v) is 18.9. The first-order chi connectivity index (χ1) is 16.0. The van der Waals surface area contributed by atoms with Crippen molar-refractivity contribution < 1.29 is 14.3 Å². The standard InChI is InChI=1S/C27H27N3O3/c1-18-14-23-16-21(9-10-25(23)33-18)26(31)30-13-12-29(2)27(32)24(30)15-19-5-7-20(8-6-19)22-4-3-11-28-17-22/h3-11,16-18,24H,12-15H2,1-2H3. The van der Waals surface area contributed by atoms with Crippen molar-refractivity contribution in [3.8, 4) is 16.9 Å². The number of ether oxygens (including phenoxy) is 1. The second-order valence-corrected chi connectivity index (χ2v) is 8.87. The lowest BCUT2D eigenvalue weighted by Gasteiger charge is -2.39. The predicted molar refractivity (Wildman–Crippen MR) is 126 cm³/mol. The molecule has 0 aliphatic carbocycles. The Bertz CT molecular complexity index is 1180. The van der Waals surface area contributed by atoms with Gasteiger partial charge >= 0.3 is 0 Å². The van der Waals surface area contributed by atoms with Crippen LogP contribution in [0, 0.1) is 0 Å². The van der Waals surface area contributed by atoms with E-state index in [-0.39, 0.29) is 17.9 Å². The third kappa shape index (κ3) is 4.21. The van der Waals surface area contributed by atoms with Crippen LogP contribution in [0.1, 0.15) is 28.4 Å². The van der Waals surface area contributed by atoms with Gasteiger partial charge in [0.25, 0.3) is 5.91 Å². The van der Waals surface area contributed by atoms with E-state index in [0.29, 0.717) is 25.1 Å². The molecule has 2 aliphatic heterocycles. The number of rotatable bonds is 4. The molecule has 2 unspecified atom stereocenters. The summed E-state index contributed by atoms with van der Waals surface area (Å²) in [5, 5.41) is 0. The topological polar surface area (TPSA) is 62.7 Å². The number of likely N-dealkylation sites (N-methyl/N-ethyl adjacent to an activating group) is 1. The minimum absolute atomic E-state index is 0.0240. The number of amides is 2. The van der Waals surface area contributed by atoms with E-state index < -0.39 is 6.04 Å². The highest BCUT2D eigenvalue weighted by Gasteiger charge is 2.36. The average Bonchev–Trinajstić information content (AvgIpc) is 3.22. The van der Waals surface area contributed by atoms with E-state index in [2.05, 4.69) is 4.98 Å². The number of benzene rings is 2. The molecule has 0 N–H and O–H groups in total. The van der Waals surface area contributed by atoms with Gasteiger partial charge in [0.1, 0.15) is 17.9 Å². The van der Waals surface area contributed by atoms with Crippen molar-refractivity contribution >= 4 is 11.8 Å². The van der Waals surface area contributed by atoms with Crippen molar-refractivity contribution in [2.45, 2.75) is 31.9 Å². The Morgan fingerprint density at radius 3 is 2.67 bits per heavy atom. The maximum Gasteiger partial charge on any atom is 0.254 e. The van der Waals surface area contributed by atoms with Gasteiger partial charge in [0, 0.05) is 50.9 Å². The Morgan fingerprint density at radius 2 is 1.91 bits per heavy atom. The fourth-order valence-electron chi connectivity index (χ4n) is 4.66. The number of nitrogens with zero attached hydrogens (tertiary/aromatic N) is 3. The zero-order valence-electron chi connectivity index (χ0n) is 18.9. The van der Waals surface area contributed by atoms with Gasteiger partial charge < -0.3 is 14.5 Å². The summed E-state index contributed by atoms with van der Waals surface area (Å²) in [5.74, 6) is 0.721. The van der Waals surface area contributed by atoms with E-state index in [1.807, 2.05) is 67.7 Å². The minimum atomic E-state index is -0.524. The summed E-state index contributed by atoms with van der Waals surface area (Å²) in [6.07, 6.45) is 4.98. The van der Waals surface area contributed by atoms with Gasteiger partial charge in [-0.15, -0.1) is 0 Å². The molecule has 0 bridgehead atoms. The Balaban J connectivity index is 1.38. The van der Waals surface area contributed by atoms with Crippen molar-refractivity contribution in [2.24, 2.45) is 0 Å². The van der Waals surface area contributed by atoms with Crippen LogP contribution in [0.3, 0.4) is 0 Å². The summed E-state index contributed by atoms with van der Waals surface area (Å²) in [6.45, 7) is 3.08. The first kappa shape index (κ1) is 21.2. The highest BCUT2D eigenvalue weighted by Crippen LogP contribution is 2.30. The number of hydrogen-bond acceptors (Lipinski definition) is 4. The average molecular weight is 442 g/mol. The van der Waals surface area contributed by atoms with E-state index in [4.69, 9.17) is 4.74 Å². The van der Waals surface area contributed by atoms with Gasteiger partial charge in [0.05, 0.1) is 0 Å². The molecule has 5 rings (SSSR count). The molecule has 33 heavy (non-hydrogen) atoms. The number of fused-ring (bicyclic) bond motifs is 1. The molecule has 2 atom stereocenters. The van der Waals surface area contributed by atoms with E-state index in [1.165, 1.54) is 0 Å². The fourth-order valence-corrected chi connectivity index (χ4v) is 4.66. The zero-order chi connectivity index (χ0) is 22.9. The van der Waals surface area contributed by atoms with Crippen molar-refractivity contribution in [1.82, 2.24) is 14.8 Å². The lowest BCUT2D eigenvalue weighted by Crippen LogP contribution is -2.58. The van der Waals surface area contributed by atoms with Crippen molar-refractivity contribution in [2.75, 3.05) is 20.1 Å². The summed E-state index contributed by atoms with van der Waals surface area (Å²) < 4.78 is 5.77. The summed E-state index contributed by atoms with van der Waals surface area (Å²) in [7, 11) is 1.80. The SMILES string of the molecule is CC1Cc2cc(C(=O)N3CCN(C)C(=O)C3Cc3ccc(-c4cccnc4)cc3)ccc2O1. The quantitative estimate of drug-likeness (QED) is 0.621. The molecular weight excluding hydrogens is 414 g/mol. The van der Waals surface area contributed by atoms with Crippen molar-refractivity contribution in [1.29, 1.82) is 0 Å². The number of pyridine rings is 1. The number of carbonyl (C=O) groups excluding carboxylic acids is 2. The molecule has 0 saturated carbocycles. The highest BCUT2D eigenvalue weighted by molar-refractivity contribution is 5.98. The van der Waals surface area contributed by atoms with Crippen LogP contribution < -0.4 is 4.74 Å². The van der Waals surface area contributed by atoms with E-state index in [9.17, 15) is 9.59 Å². The Hall–Kier alpha value is -3.67. The van der Waals surface area contributed by atoms with Crippen LogP contribution in [0.4, 0.5) is 0 Å². The summed E-state index contributed by atoms with van der Waals surface area (Å²) >= 11 is 0. The molecule has 0 radical (unpaired) electrons. The van der Waals surface area contributed by atoms with E-state index >= 15 is 0 Å². The van der Waals surface area contributed by atoms with Crippen LogP contribution in [0.2, 0.25) is 0 Å². The smallest absolute Gasteiger partial charge is 0.254 e. The minimum Gasteiger partial charge on any atom is -0.490 e. The number of aromatic nitrogens is 1. The van der Waals surface area contributed by atoms with Crippen LogP contribution in [0.5, 0.6) is 5.75 Å². The molecular formula is C27H27N3O3. The van der Waals surface area contributed by atoms with Crippen LogP contribution in [0.25, 0.3) is 11.1 Å². The number of piperazine rings is 1. The van der Waals surface area contributed by atoms with Crippen LogP contribution in [-0.4, -0.2) is 58.9 Å². The first-order valence-electron chi connectivity index (χ1n) is 11.3. The molecule has 168 valence electrons. The number of hydrogen-bond donors (Lipinski definition) is 0. The molecule has 6 nitrogen and oxygen atoms in total. The predicted octanol–water partition coefficient (Wildman–Crippen LogP) is 3.60. The normalized spacial score (nSPS) is 19.9. The van der Waals surface area contributed by atoms with E-state index in [1.54, 1.807) is 23.0 Å². The molecule has 6 heteroatoms. The maximum atomic E-state index is 13.5. The molecule has 2 aliphatic rings. The largest absolute Gasteiger partial charge is 0.490 e. The van der Waals surface area contributed by atoms with Gasteiger partial charge in [-0.1, -0.05) is 30.3 Å². The van der Waals surface area contributed by atoms with Crippen molar-refractivity contribution in [3.63, 3.8) is 0 Å². The third-order valence-corrected chi connectivity index (χ3v) is 6.50. The summed E-state index contributed by atoms with van der Waals surface area (Å²) in [5.41, 5.74) is 4.80. The Morgan fingerprint density at radius 1 is 1.09 bits per heavy atom. The van der Waals surface area contributed by atoms with Gasteiger partial charge in [-0.25, -0.2) is 0 Å². The van der Waals surface area contributed by atoms with Gasteiger partial charge in [-0.05, 0) is 53.4 Å². The fraction of sp³-hybridized carbons (Fsp3) is 0.296. The molecule has 2 aromatic carbocycles. The highest BCUT2D eigenvalue weighted by atomic mass is 16.5. The van der Waals surface area contributed by atoms with Crippen LogP contribution >= 0.6 is 0 Å². The van der Waals surface area contributed by atoms with Crippen LogP contribution in [0.15, 0.2) is 67.0 Å². The third-order valence-electron chi connectivity index (χ3n) is 6.50. The van der Waals surface area contributed by atoms with Gasteiger partial charge in [0.15, 0.2) is 0 Å². The van der Waals surface area contributed by atoms with Gasteiger partial charge in [0.2, 0.25) is 5.91 Å². The van der Waals surface area contributed by atoms with Crippen molar-refractivity contribution in [3.05, 3.63) is 83.7 Å². The summed E-state index contributed by atoms with van der Waals surface area (Å²) in [4.78, 5) is 34.2. The second-order valence-electron chi connectivity index (χ2n) is 8.87. The lowest BCUT2D eigenvalue weighted by atomic mass is 9.97. The molecule has 1 saturated heterocycles. The Kier molecular flexibility index (Phi) is 5.58. The first-order valence-corrected chi connectivity index (χ1v) is 11.3. The second kappa shape index (κ2) is 8.70. The number of carbonyl (C=O) groups is 2. The lowest BCUT2D eigenvalue weighted by molar-refractivity contribution is -0.138. The Labute approximate surface area is 193 Å². The molecule has 2 amide bonds.